The van der Waals surface area contributed by atoms with Crippen LogP contribution >= 0.6 is 27.3 Å². The van der Waals surface area contributed by atoms with Crippen LogP contribution in [0.1, 0.15) is 31.2 Å². The molecule has 1 atom stereocenters. The number of ether oxygens (including phenoxy) is 2. The zero-order valence-electron chi connectivity index (χ0n) is 21.6. The summed E-state index contributed by atoms with van der Waals surface area (Å²) in [7, 11) is 5.33. The van der Waals surface area contributed by atoms with Gasteiger partial charge in [-0.15, -0.1) is 0 Å². The molecule has 0 saturated carbocycles. The fourth-order valence-corrected chi connectivity index (χ4v) is 6.37. The van der Waals surface area contributed by atoms with E-state index in [-0.39, 0.29) is 12.2 Å². The number of carbonyl (C=O) groups excluding carboxylic acids is 1. The first-order chi connectivity index (χ1) is 18.2. The van der Waals surface area contributed by atoms with Gasteiger partial charge in [0.2, 0.25) is 5.88 Å². The smallest absolute Gasteiger partial charge is 0.338 e. The molecule has 0 fully saturated rings. The number of methoxy groups -OCH3 is 1. The molecular formula is C28H26BrN3O5S. The van der Waals surface area contributed by atoms with Crippen LogP contribution in [0.25, 0.3) is 16.8 Å². The molecule has 8 nitrogen and oxygen atoms in total. The van der Waals surface area contributed by atoms with E-state index in [9.17, 15) is 9.59 Å². The summed E-state index contributed by atoms with van der Waals surface area (Å²) in [6.45, 7) is 3.71. The Kier molecular flexibility index (Phi) is 7.02. The highest BCUT2D eigenvalue weighted by molar-refractivity contribution is 9.10. The Morgan fingerprint density at radius 3 is 2.71 bits per heavy atom. The largest absolute Gasteiger partial charge is 0.496 e. The molecule has 5 rings (SSSR count). The lowest BCUT2D eigenvalue weighted by Crippen LogP contribution is -2.40. The lowest BCUT2D eigenvalue weighted by Gasteiger charge is -2.27. The predicted octanol–water partition coefficient (Wildman–Crippen LogP) is 4.38. The van der Waals surface area contributed by atoms with E-state index in [1.807, 2.05) is 61.5 Å². The summed E-state index contributed by atoms with van der Waals surface area (Å²) >= 11 is 4.75. The quantitative estimate of drug-likeness (QED) is 0.307. The molecule has 0 amide bonds. The average molecular weight is 597 g/mol. The second-order valence-electron chi connectivity index (χ2n) is 8.90. The van der Waals surface area contributed by atoms with Gasteiger partial charge >= 0.3 is 5.97 Å². The van der Waals surface area contributed by atoms with Crippen LogP contribution < -0.4 is 24.5 Å². The minimum Gasteiger partial charge on any atom is -0.496 e. The Morgan fingerprint density at radius 2 is 2.03 bits per heavy atom. The van der Waals surface area contributed by atoms with Gasteiger partial charge in [0.05, 0.1) is 34.0 Å². The standard InChI is InChI=1S/C28H26BrN3O5S/c1-6-36-27(34)22-15(2)30-28-32(24(22)23-18-10-8-7-9-16(18)11-12-20(23)35-5)25(33)21(38-28)14-17-13-19(29)26(37-17)31(3)4/h7-14,24H,6H2,1-5H3/b21-14+/t24-/m1/s1. The zero-order chi connectivity index (χ0) is 27.1. The fourth-order valence-electron chi connectivity index (χ4n) is 4.68. The molecule has 2 aromatic carbocycles. The highest BCUT2D eigenvalue weighted by Gasteiger charge is 2.36. The fraction of sp³-hybridized carbons (Fsp3) is 0.250. The summed E-state index contributed by atoms with van der Waals surface area (Å²) in [6.07, 6.45) is 1.70. The number of hydrogen-bond donors (Lipinski definition) is 0. The van der Waals surface area contributed by atoms with Crippen molar-refractivity contribution in [2.24, 2.45) is 4.99 Å². The van der Waals surface area contributed by atoms with Crippen molar-refractivity contribution in [1.82, 2.24) is 4.57 Å². The Balaban J connectivity index is 1.82. The van der Waals surface area contributed by atoms with Crippen molar-refractivity contribution < 1.29 is 18.7 Å². The molecule has 0 spiro atoms. The first-order valence-electron chi connectivity index (χ1n) is 12.0. The molecular weight excluding hydrogens is 570 g/mol. The highest BCUT2D eigenvalue weighted by atomic mass is 79.9. The first-order valence-corrected chi connectivity index (χ1v) is 13.6. The van der Waals surface area contributed by atoms with E-state index in [0.717, 1.165) is 15.2 Å². The Bertz CT molecular complexity index is 1780. The van der Waals surface area contributed by atoms with E-state index < -0.39 is 12.0 Å². The molecule has 0 radical (unpaired) electrons. The van der Waals surface area contributed by atoms with Crippen molar-refractivity contribution in [2.75, 3.05) is 32.7 Å². The predicted molar refractivity (Wildman–Crippen MR) is 152 cm³/mol. The summed E-state index contributed by atoms with van der Waals surface area (Å²) in [5.41, 5.74) is 1.20. The lowest BCUT2D eigenvalue weighted by molar-refractivity contribution is -0.139. The molecule has 1 aliphatic rings. The maximum absolute atomic E-state index is 14.0. The first kappa shape index (κ1) is 26.0. The Morgan fingerprint density at radius 1 is 1.26 bits per heavy atom. The third-order valence-electron chi connectivity index (χ3n) is 6.31. The van der Waals surface area contributed by atoms with Crippen LogP contribution in [0.2, 0.25) is 0 Å². The average Bonchev–Trinajstić information content (AvgIpc) is 3.41. The minimum absolute atomic E-state index is 0.195. The van der Waals surface area contributed by atoms with E-state index in [0.29, 0.717) is 43.6 Å². The highest BCUT2D eigenvalue weighted by Crippen LogP contribution is 2.40. The SMILES string of the molecule is CCOC(=O)C1=C(C)N=c2s/c(=C/c3cc(Br)c(N(C)C)o3)c(=O)n2[C@H]1c1c(OC)ccc2ccccc12. The van der Waals surface area contributed by atoms with E-state index >= 15 is 0 Å². The summed E-state index contributed by atoms with van der Waals surface area (Å²) < 4.78 is 19.9. The number of hydrogen-bond acceptors (Lipinski definition) is 8. The van der Waals surface area contributed by atoms with Crippen LogP contribution in [0.3, 0.4) is 0 Å². The molecule has 3 heterocycles. The van der Waals surface area contributed by atoms with E-state index in [1.165, 1.54) is 11.3 Å². The number of fused-ring (bicyclic) bond motifs is 2. The van der Waals surface area contributed by atoms with Gasteiger partial charge in [0.15, 0.2) is 4.80 Å². The molecule has 0 bridgehead atoms. The number of halogens is 1. The molecule has 0 aliphatic carbocycles. The van der Waals surface area contributed by atoms with Crippen molar-refractivity contribution in [3.63, 3.8) is 0 Å². The number of anilines is 1. The molecule has 4 aromatic rings. The van der Waals surface area contributed by atoms with Crippen molar-refractivity contribution in [1.29, 1.82) is 0 Å². The summed E-state index contributed by atoms with van der Waals surface area (Å²) in [5.74, 6) is 1.20. The van der Waals surface area contributed by atoms with Crippen molar-refractivity contribution >= 4 is 56.0 Å². The van der Waals surface area contributed by atoms with Gasteiger partial charge in [-0.1, -0.05) is 41.7 Å². The van der Waals surface area contributed by atoms with Gasteiger partial charge in [-0.05, 0) is 46.6 Å². The molecule has 10 heteroatoms. The number of carbonyl (C=O) groups is 1. The number of aromatic nitrogens is 1. The van der Waals surface area contributed by atoms with Crippen LogP contribution in [0.5, 0.6) is 5.75 Å². The van der Waals surface area contributed by atoms with Crippen LogP contribution in [0.15, 0.2) is 72.4 Å². The summed E-state index contributed by atoms with van der Waals surface area (Å²) in [6, 6.07) is 12.6. The lowest BCUT2D eigenvalue weighted by atomic mass is 9.90. The van der Waals surface area contributed by atoms with Gasteiger partial charge < -0.3 is 18.8 Å². The topological polar surface area (TPSA) is 86.3 Å². The van der Waals surface area contributed by atoms with Crippen LogP contribution in [-0.2, 0) is 9.53 Å². The number of benzene rings is 2. The third-order valence-corrected chi connectivity index (χ3v) is 7.86. The molecule has 38 heavy (non-hydrogen) atoms. The summed E-state index contributed by atoms with van der Waals surface area (Å²) in [4.78, 5) is 34.3. The minimum atomic E-state index is -0.797. The monoisotopic (exact) mass is 595 g/mol. The van der Waals surface area contributed by atoms with Gasteiger partial charge in [0.1, 0.15) is 17.6 Å². The maximum Gasteiger partial charge on any atom is 0.338 e. The number of rotatable bonds is 6. The van der Waals surface area contributed by atoms with Gasteiger partial charge in [0, 0.05) is 31.8 Å². The van der Waals surface area contributed by atoms with Gasteiger partial charge in [-0.2, -0.15) is 0 Å². The normalized spacial score (nSPS) is 15.4. The third kappa shape index (κ3) is 4.37. The number of furan rings is 1. The number of esters is 1. The molecule has 0 N–H and O–H groups in total. The second kappa shape index (κ2) is 10.3. The summed E-state index contributed by atoms with van der Waals surface area (Å²) in [5, 5.41) is 1.83. The zero-order valence-corrected chi connectivity index (χ0v) is 24.0. The number of allylic oxidation sites excluding steroid dienone is 1. The van der Waals surface area contributed by atoms with Crippen LogP contribution in [0, 0.1) is 0 Å². The molecule has 0 saturated heterocycles. The van der Waals surface area contributed by atoms with E-state index in [1.54, 1.807) is 31.6 Å². The van der Waals surface area contributed by atoms with Gasteiger partial charge in [-0.3, -0.25) is 9.36 Å². The van der Waals surface area contributed by atoms with Crippen LogP contribution in [0.4, 0.5) is 5.88 Å². The van der Waals surface area contributed by atoms with Crippen molar-refractivity contribution in [2.45, 2.75) is 19.9 Å². The number of thiazole rings is 1. The number of nitrogens with zero attached hydrogens (tertiary/aromatic N) is 3. The van der Waals surface area contributed by atoms with E-state index in [2.05, 4.69) is 20.9 Å². The second-order valence-corrected chi connectivity index (χ2v) is 10.8. The molecule has 0 unspecified atom stereocenters. The molecule has 1 aliphatic heterocycles. The van der Waals surface area contributed by atoms with Crippen molar-refractivity contribution in [3.05, 3.63) is 89.2 Å². The molecule has 196 valence electrons. The van der Waals surface area contributed by atoms with Crippen molar-refractivity contribution in [3.8, 4) is 5.75 Å². The molecule has 2 aromatic heterocycles. The van der Waals surface area contributed by atoms with Crippen LogP contribution in [-0.4, -0.2) is 38.3 Å². The van der Waals surface area contributed by atoms with Gasteiger partial charge in [0.25, 0.3) is 5.56 Å². The van der Waals surface area contributed by atoms with Gasteiger partial charge in [-0.25, -0.2) is 9.79 Å². The Hall–Kier alpha value is -3.63. The van der Waals surface area contributed by atoms with E-state index in [4.69, 9.17) is 13.9 Å². The maximum atomic E-state index is 14.0. The Labute approximate surface area is 231 Å².